The van der Waals surface area contributed by atoms with Gasteiger partial charge in [0.2, 0.25) is 0 Å². The summed E-state index contributed by atoms with van der Waals surface area (Å²) < 4.78 is 0.880. The predicted molar refractivity (Wildman–Crippen MR) is 107 cm³/mol. The summed E-state index contributed by atoms with van der Waals surface area (Å²) >= 11 is 3.35. The molecule has 5 nitrogen and oxygen atoms in total. The molecule has 0 radical (unpaired) electrons. The highest BCUT2D eigenvalue weighted by Crippen LogP contribution is 2.31. The maximum absolute atomic E-state index is 13.1. The summed E-state index contributed by atoms with van der Waals surface area (Å²) in [4.78, 5) is 25.8. The Labute approximate surface area is 165 Å². The standard InChI is InChI=1S/C21H16BrN3O2/c22-16-12-10-15(11-13-16)20(26)24-25-19(14-6-2-1-3-7-14)23-18-9-5-4-8-17(18)21(25)27/h1-13,19,23H,(H,24,26). The summed E-state index contributed by atoms with van der Waals surface area (Å²) in [5, 5.41) is 4.69. The van der Waals surface area contributed by atoms with Crippen molar-refractivity contribution in [3.63, 3.8) is 0 Å². The molecule has 1 heterocycles. The third-order valence-electron chi connectivity index (χ3n) is 4.37. The van der Waals surface area contributed by atoms with E-state index in [1.54, 1.807) is 36.4 Å². The molecular weight excluding hydrogens is 406 g/mol. The van der Waals surface area contributed by atoms with Crippen LogP contribution in [0.25, 0.3) is 0 Å². The normalized spacial score (nSPS) is 15.7. The summed E-state index contributed by atoms with van der Waals surface area (Å²) in [5.74, 6) is -0.610. The Morgan fingerprint density at radius 2 is 1.59 bits per heavy atom. The maximum Gasteiger partial charge on any atom is 0.276 e. The van der Waals surface area contributed by atoms with Crippen molar-refractivity contribution < 1.29 is 9.59 Å². The highest BCUT2D eigenvalue weighted by Gasteiger charge is 2.34. The fourth-order valence-electron chi connectivity index (χ4n) is 3.01. The lowest BCUT2D eigenvalue weighted by Crippen LogP contribution is -2.52. The lowest BCUT2D eigenvalue weighted by atomic mass is 10.0. The summed E-state index contributed by atoms with van der Waals surface area (Å²) in [7, 11) is 0. The number of nitrogens with zero attached hydrogens (tertiary/aromatic N) is 1. The van der Waals surface area contributed by atoms with E-state index in [1.165, 1.54) is 5.01 Å². The van der Waals surface area contributed by atoms with Gasteiger partial charge in [-0.3, -0.25) is 15.0 Å². The average Bonchev–Trinajstić information content (AvgIpc) is 2.71. The number of anilines is 1. The number of carbonyl (C=O) groups is 2. The second kappa shape index (κ2) is 7.25. The molecule has 2 N–H and O–H groups in total. The van der Waals surface area contributed by atoms with Gasteiger partial charge in [-0.15, -0.1) is 0 Å². The molecule has 134 valence electrons. The van der Waals surface area contributed by atoms with Gasteiger partial charge < -0.3 is 5.32 Å². The number of halogens is 1. The molecule has 0 saturated heterocycles. The van der Waals surface area contributed by atoms with Gasteiger partial charge in [0.1, 0.15) is 6.17 Å². The Morgan fingerprint density at radius 1 is 0.926 bits per heavy atom. The topological polar surface area (TPSA) is 61.4 Å². The van der Waals surface area contributed by atoms with E-state index in [4.69, 9.17) is 0 Å². The predicted octanol–water partition coefficient (Wildman–Crippen LogP) is 4.36. The molecule has 1 atom stereocenters. The van der Waals surface area contributed by atoms with Crippen molar-refractivity contribution in [1.29, 1.82) is 0 Å². The van der Waals surface area contributed by atoms with Crippen molar-refractivity contribution >= 4 is 33.4 Å². The lowest BCUT2D eigenvalue weighted by molar-refractivity contribution is 0.0491. The summed E-state index contributed by atoms with van der Waals surface area (Å²) in [6.45, 7) is 0. The first-order chi connectivity index (χ1) is 13.1. The van der Waals surface area contributed by atoms with Crippen LogP contribution in [-0.4, -0.2) is 16.8 Å². The van der Waals surface area contributed by atoms with Crippen molar-refractivity contribution in [3.05, 3.63) is 100 Å². The van der Waals surface area contributed by atoms with Crippen LogP contribution < -0.4 is 10.7 Å². The summed E-state index contributed by atoms with van der Waals surface area (Å²) in [5.41, 5.74) is 5.36. The number of benzene rings is 3. The van der Waals surface area contributed by atoms with Gasteiger partial charge in [0.05, 0.1) is 5.56 Å². The number of rotatable bonds is 3. The number of carbonyl (C=O) groups excluding carboxylic acids is 2. The van der Waals surface area contributed by atoms with Gasteiger partial charge in [-0.25, -0.2) is 5.01 Å². The van der Waals surface area contributed by atoms with Crippen LogP contribution >= 0.6 is 15.9 Å². The molecule has 0 bridgehead atoms. The van der Waals surface area contributed by atoms with E-state index < -0.39 is 6.17 Å². The minimum Gasteiger partial charge on any atom is -0.359 e. The Kier molecular flexibility index (Phi) is 4.64. The molecule has 1 aliphatic heterocycles. The number of hydrogen-bond acceptors (Lipinski definition) is 3. The number of hydrogen-bond donors (Lipinski definition) is 2. The van der Waals surface area contributed by atoms with Crippen LogP contribution in [0.2, 0.25) is 0 Å². The fourth-order valence-corrected chi connectivity index (χ4v) is 3.28. The van der Waals surface area contributed by atoms with Crippen LogP contribution in [0.15, 0.2) is 83.3 Å². The van der Waals surface area contributed by atoms with Crippen molar-refractivity contribution in [2.75, 3.05) is 5.32 Å². The van der Waals surface area contributed by atoms with Gasteiger partial charge >= 0.3 is 0 Å². The first-order valence-electron chi connectivity index (χ1n) is 8.44. The van der Waals surface area contributed by atoms with Crippen molar-refractivity contribution in [3.8, 4) is 0 Å². The molecule has 4 rings (SSSR count). The zero-order valence-electron chi connectivity index (χ0n) is 14.2. The van der Waals surface area contributed by atoms with E-state index in [-0.39, 0.29) is 11.8 Å². The van der Waals surface area contributed by atoms with E-state index >= 15 is 0 Å². The molecular formula is C21H16BrN3O2. The van der Waals surface area contributed by atoms with Crippen LogP contribution in [0.3, 0.4) is 0 Å². The second-order valence-electron chi connectivity index (χ2n) is 6.13. The van der Waals surface area contributed by atoms with Crippen LogP contribution in [-0.2, 0) is 0 Å². The molecule has 1 aliphatic rings. The molecule has 2 amide bonds. The SMILES string of the molecule is O=C(NN1C(=O)c2ccccc2NC1c1ccccc1)c1ccc(Br)cc1. The number of para-hydroxylation sites is 1. The smallest absolute Gasteiger partial charge is 0.276 e. The molecule has 0 fully saturated rings. The summed E-state index contributed by atoms with van der Waals surface area (Å²) in [6, 6.07) is 23.8. The molecule has 27 heavy (non-hydrogen) atoms. The zero-order chi connectivity index (χ0) is 18.8. The third-order valence-corrected chi connectivity index (χ3v) is 4.90. The number of fused-ring (bicyclic) bond motifs is 1. The molecule has 3 aromatic rings. The van der Waals surface area contributed by atoms with Crippen LogP contribution in [0.1, 0.15) is 32.4 Å². The monoisotopic (exact) mass is 421 g/mol. The summed E-state index contributed by atoms with van der Waals surface area (Å²) in [6.07, 6.45) is -0.506. The van der Waals surface area contributed by atoms with Gasteiger partial charge in [-0.2, -0.15) is 0 Å². The van der Waals surface area contributed by atoms with Crippen LogP contribution in [0.4, 0.5) is 5.69 Å². The quantitative estimate of drug-likeness (QED) is 0.660. The van der Waals surface area contributed by atoms with E-state index in [2.05, 4.69) is 26.7 Å². The number of hydrazine groups is 1. The molecule has 0 saturated carbocycles. The van der Waals surface area contributed by atoms with Gasteiger partial charge in [-0.05, 0) is 42.0 Å². The van der Waals surface area contributed by atoms with Crippen molar-refractivity contribution in [2.24, 2.45) is 0 Å². The fraction of sp³-hybridized carbons (Fsp3) is 0.0476. The molecule has 0 aliphatic carbocycles. The lowest BCUT2D eigenvalue weighted by Gasteiger charge is -2.37. The first kappa shape index (κ1) is 17.3. The Balaban J connectivity index is 1.69. The van der Waals surface area contributed by atoms with Gasteiger partial charge in [0.15, 0.2) is 0 Å². The van der Waals surface area contributed by atoms with Crippen molar-refractivity contribution in [1.82, 2.24) is 10.4 Å². The average molecular weight is 422 g/mol. The van der Waals surface area contributed by atoms with E-state index in [1.807, 2.05) is 42.5 Å². The van der Waals surface area contributed by atoms with E-state index in [0.717, 1.165) is 15.7 Å². The van der Waals surface area contributed by atoms with Gasteiger partial charge in [0, 0.05) is 15.7 Å². The highest BCUT2D eigenvalue weighted by molar-refractivity contribution is 9.10. The Bertz CT molecular complexity index is 990. The third kappa shape index (κ3) is 3.44. The van der Waals surface area contributed by atoms with E-state index in [9.17, 15) is 9.59 Å². The van der Waals surface area contributed by atoms with E-state index in [0.29, 0.717) is 11.1 Å². The molecule has 0 aromatic heterocycles. The van der Waals surface area contributed by atoms with Crippen LogP contribution in [0.5, 0.6) is 0 Å². The molecule has 1 unspecified atom stereocenters. The van der Waals surface area contributed by atoms with Crippen molar-refractivity contribution in [2.45, 2.75) is 6.17 Å². The largest absolute Gasteiger partial charge is 0.359 e. The first-order valence-corrected chi connectivity index (χ1v) is 9.23. The van der Waals surface area contributed by atoms with Crippen LogP contribution in [0, 0.1) is 0 Å². The zero-order valence-corrected chi connectivity index (χ0v) is 15.8. The Hall–Kier alpha value is -3.12. The molecule has 3 aromatic carbocycles. The second-order valence-corrected chi connectivity index (χ2v) is 7.04. The number of nitrogens with one attached hydrogen (secondary N) is 2. The minimum absolute atomic E-state index is 0.260. The number of amides is 2. The van der Waals surface area contributed by atoms with Gasteiger partial charge in [0.25, 0.3) is 11.8 Å². The molecule has 0 spiro atoms. The Morgan fingerprint density at radius 3 is 2.33 bits per heavy atom. The maximum atomic E-state index is 13.1. The van der Waals surface area contributed by atoms with Gasteiger partial charge in [-0.1, -0.05) is 58.4 Å². The highest BCUT2D eigenvalue weighted by atomic mass is 79.9. The minimum atomic E-state index is -0.506. The molecule has 6 heteroatoms.